The standard InChI is InChI=1S/C18H14FN/c1-13-6-7-15(17(19)12-13)8-9-18-16-5-3-2-4-14(16)10-11-20-18/h2-12H,1H3. The summed E-state index contributed by atoms with van der Waals surface area (Å²) in [5, 5.41) is 2.20. The van der Waals surface area contributed by atoms with Crippen LogP contribution in [0.15, 0.2) is 54.7 Å². The van der Waals surface area contributed by atoms with Crippen molar-refractivity contribution in [2.75, 3.05) is 0 Å². The highest BCUT2D eigenvalue weighted by Gasteiger charge is 2.00. The lowest BCUT2D eigenvalue weighted by Crippen LogP contribution is -1.85. The van der Waals surface area contributed by atoms with Crippen LogP contribution in [0.3, 0.4) is 0 Å². The Hall–Kier alpha value is -2.48. The first-order valence-corrected chi connectivity index (χ1v) is 6.52. The van der Waals surface area contributed by atoms with Crippen LogP contribution in [0.1, 0.15) is 16.8 Å². The minimum Gasteiger partial charge on any atom is -0.256 e. The van der Waals surface area contributed by atoms with E-state index in [-0.39, 0.29) is 5.82 Å². The summed E-state index contributed by atoms with van der Waals surface area (Å²) >= 11 is 0. The Bertz CT molecular complexity index is 785. The minimum atomic E-state index is -0.207. The van der Waals surface area contributed by atoms with Gasteiger partial charge in [0, 0.05) is 17.1 Å². The van der Waals surface area contributed by atoms with E-state index in [1.54, 1.807) is 18.3 Å². The number of hydrogen-bond acceptors (Lipinski definition) is 1. The van der Waals surface area contributed by atoms with Crippen molar-refractivity contribution in [2.45, 2.75) is 6.92 Å². The third-order valence-electron chi connectivity index (χ3n) is 3.28. The number of nitrogens with zero attached hydrogens (tertiary/aromatic N) is 1. The van der Waals surface area contributed by atoms with E-state index in [1.165, 1.54) is 6.07 Å². The van der Waals surface area contributed by atoms with Gasteiger partial charge in [0.15, 0.2) is 0 Å². The summed E-state index contributed by atoms with van der Waals surface area (Å²) in [7, 11) is 0. The molecule has 20 heavy (non-hydrogen) atoms. The summed E-state index contributed by atoms with van der Waals surface area (Å²) in [6.07, 6.45) is 5.40. The number of benzene rings is 2. The van der Waals surface area contributed by atoms with E-state index < -0.39 is 0 Å². The lowest BCUT2D eigenvalue weighted by atomic mass is 10.1. The zero-order valence-corrected chi connectivity index (χ0v) is 11.2. The van der Waals surface area contributed by atoms with Crippen LogP contribution in [0.2, 0.25) is 0 Å². The normalized spacial score (nSPS) is 11.3. The number of hydrogen-bond donors (Lipinski definition) is 0. The molecule has 0 saturated carbocycles. The monoisotopic (exact) mass is 263 g/mol. The number of pyridine rings is 1. The first-order chi connectivity index (χ1) is 9.74. The molecule has 0 radical (unpaired) electrons. The molecule has 0 atom stereocenters. The average Bonchev–Trinajstić information content (AvgIpc) is 2.46. The van der Waals surface area contributed by atoms with Gasteiger partial charge in [0.25, 0.3) is 0 Å². The van der Waals surface area contributed by atoms with Crippen LogP contribution < -0.4 is 0 Å². The molecular formula is C18H14FN. The predicted octanol–water partition coefficient (Wildman–Crippen LogP) is 4.85. The van der Waals surface area contributed by atoms with E-state index in [2.05, 4.69) is 4.98 Å². The number of aryl methyl sites for hydroxylation is 1. The number of aromatic nitrogens is 1. The van der Waals surface area contributed by atoms with E-state index in [0.717, 1.165) is 22.0 Å². The first kappa shape index (κ1) is 12.5. The van der Waals surface area contributed by atoms with Crippen LogP contribution in [0, 0.1) is 12.7 Å². The largest absolute Gasteiger partial charge is 0.256 e. The molecule has 0 saturated heterocycles. The minimum absolute atomic E-state index is 0.207. The highest BCUT2D eigenvalue weighted by molar-refractivity contribution is 5.91. The van der Waals surface area contributed by atoms with Crippen molar-refractivity contribution in [1.29, 1.82) is 0 Å². The van der Waals surface area contributed by atoms with Crippen molar-refractivity contribution in [1.82, 2.24) is 4.98 Å². The van der Waals surface area contributed by atoms with Crippen molar-refractivity contribution in [3.05, 3.63) is 77.4 Å². The summed E-state index contributed by atoms with van der Waals surface area (Å²) < 4.78 is 13.8. The fourth-order valence-electron chi connectivity index (χ4n) is 2.21. The zero-order chi connectivity index (χ0) is 13.9. The van der Waals surface area contributed by atoms with Crippen LogP contribution in [-0.4, -0.2) is 4.98 Å². The van der Waals surface area contributed by atoms with Gasteiger partial charge in [-0.3, -0.25) is 4.98 Å². The molecule has 0 fully saturated rings. The molecule has 1 aromatic heterocycles. The summed E-state index contributed by atoms with van der Waals surface area (Å²) in [6, 6.07) is 15.2. The Morgan fingerprint density at radius 3 is 2.70 bits per heavy atom. The smallest absolute Gasteiger partial charge is 0.130 e. The van der Waals surface area contributed by atoms with Gasteiger partial charge < -0.3 is 0 Å². The van der Waals surface area contributed by atoms with Crippen LogP contribution in [-0.2, 0) is 0 Å². The van der Waals surface area contributed by atoms with E-state index in [4.69, 9.17) is 0 Å². The van der Waals surface area contributed by atoms with Crippen molar-refractivity contribution in [3.63, 3.8) is 0 Å². The molecule has 98 valence electrons. The summed E-state index contributed by atoms with van der Waals surface area (Å²) in [4.78, 5) is 4.36. The zero-order valence-electron chi connectivity index (χ0n) is 11.2. The first-order valence-electron chi connectivity index (χ1n) is 6.52. The van der Waals surface area contributed by atoms with Crippen molar-refractivity contribution in [3.8, 4) is 0 Å². The lowest BCUT2D eigenvalue weighted by molar-refractivity contribution is 0.624. The van der Waals surface area contributed by atoms with E-state index in [1.807, 2.05) is 49.4 Å². The van der Waals surface area contributed by atoms with E-state index in [0.29, 0.717) is 5.56 Å². The van der Waals surface area contributed by atoms with Crippen molar-refractivity contribution < 1.29 is 4.39 Å². The Balaban J connectivity index is 2.02. The Morgan fingerprint density at radius 1 is 1.00 bits per heavy atom. The molecule has 0 bridgehead atoms. The van der Waals surface area contributed by atoms with Crippen LogP contribution in [0.5, 0.6) is 0 Å². The van der Waals surface area contributed by atoms with Gasteiger partial charge in [0.1, 0.15) is 5.82 Å². The third-order valence-corrected chi connectivity index (χ3v) is 3.28. The van der Waals surface area contributed by atoms with Gasteiger partial charge in [-0.05, 0) is 42.2 Å². The molecule has 0 aliphatic rings. The molecule has 0 spiro atoms. The summed E-state index contributed by atoms with van der Waals surface area (Å²) in [5.74, 6) is -0.207. The molecule has 0 unspecified atom stereocenters. The van der Waals surface area contributed by atoms with Crippen molar-refractivity contribution in [2.24, 2.45) is 0 Å². The molecule has 0 aliphatic carbocycles. The number of halogens is 1. The van der Waals surface area contributed by atoms with Gasteiger partial charge in [-0.15, -0.1) is 0 Å². The highest BCUT2D eigenvalue weighted by Crippen LogP contribution is 2.19. The number of fused-ring (bicyclic) bond motifs is 1. The Morgan fingerprint density at radius 2 is 1.85 bits per heavy atom. The summed E-state index contributed by atoms with van der Waals surface area (Å²) in [5.41, 5.74) is 2.34. The van der Waals surface area contributed by atoms with Gasteiger partial charge in [-0.2, -0.15) is 0 Å². The predicted molar refractivity (Wildman–Crippen MR) is 81.8 cm³/mol. The van der Waals surface area contributed by atoms with Gasteiger partial charge >= 0.3 is 0 Å². The SMILES string of the molecule is Cc1ccc(C=Cc2nccc3ccccc23)c(F)c1. The molecule has 2 aromatic carbocycles. The second-order valence-electron chi connectivity index (χ2n) is 4.78. The van der Waals surface area contributed by atoms with E-state index in [9.17, 15) is 4.39 Å². The molecule has 1 heterocycles. The van der Waals surface area contributed by atoms with Gasteiger partial charge in [-0.25, -0.2) is 4.39 Å². The Labute approximate surface area is 117 Å². The quantitative estimate of drug-likeness (QED) is 0.644. The molecule has 3 rings (SSSR count). The van der Waals surface area contributed by atoms with Gasteiger partial charge in [0.2, 0.25) is 0 Å². The maximum Gasteiger partial charge on any atom is 0.130 e. The molecule has 0 N–H and O–H groups in total. The third kappa shape index (κ3) is 2.45. The molecule has 1 nitrogen and oxygen atoms in total. The van der Waals surface area contributed by atoms with E-state index >= 15 is 0 Å². The maximum atomic E-state index is 13.8. The fourth-order valence-corrected chi connectivity index (χ4v) is 2.21. The van der Waals surface area contributed by atoms with Crippen LogP contribution >= 0.6 is 0 Å². The average molecular weight is 263 g/mol. The summed E-state index contributed by atoms with van der Waals surface area (Å²) in [6.45, 7) is 1.88. The van der Waals surface area contributed by atoms with Crippen LogP contribution in [0.25, 0.3) is 22.9 Å². The van der Waals surface area contributed by atoms with Gasteiger partial charge in [-0.1, -0.05) is 36.4 Å². The molecule has 2 heteroatoms. The highest BCUT2D eigenvalue weighted by atomic mass is 19.1. The van der Waals surface area contributed by atoms with Crippen LogP contribution in [0.4, 0.5) is 4.39 Å². The maximum absolute atomic E-state index is 13.8. The molecule has 0 aliphatic heterocycles. The second-order valence-corrected chi connectivity index (χ2v) is 4.78. The Kier molecular flexibility index (Phi) is 3.30. The fraction of sp³-hybridized carbons (Fsp3) is 0.0556. The second kappa shape index (κ2) is 5.25. The molecule has 3 aromatic rings. The lowest BCUT2D eigenvalue weighted by Gasteiger charge is -2.01. The topological polar surface area (TPSA) is 12.9 Å². The van der Waals surface area contributed by atoms with Crippen molar-refractivity contribution >= 4 is 22.9 Å². The van der Waals surface area contributed by atoms with Gasteiger partial charge in [0.05, 0.1) is 5.69 Å². The molecule has 0 amide bonds. The number of rotatable bonds is 2. The molecular weight excluding hydrogens is 249 g/mol.